The van der Waals surface area contributed by atoms with E-state index in [1.807, 2.05) is 0 Å². The number of thiazole rings is 1. The summed E-state index contributed by atoms with van der Waals surface area (Å²) in [6, 6.07) is -2.97. The van der Waals surface area contributed by atoms with Gasteiger partial charge in [-0.05, 0) is 0 Å². The molecule has 0 radical (unpaired) electrons. The fourth-order valence-corrected chi connectivity index (χ4v) is 4.00. The first-order valence-electron chi connectivity index (χ1n) is 8.27. The van der Waals surface area contributed by atoms with E-state index in [1.54, 1.807) is 0 Å². The van der Waals surface area contributed by atoms with E-state index in [0.717, 1.165) is 25.6 Å². The predicted molar refractivity (Wildman–Crippen MR) is 104 cm³/mol. The van der Waals surface area contributed by atoms with Crippen molar-refractivity contribution < 1.29 is 41.7 Å². The van der Waals surface area contributed by atoms with Gasteiger partial charge in [0.1, 0.15) is 25.4 Å². The van der Waals surface area contributed by atoms with Crippen LogP contribution in [0, 0.1) is 0 Å². The van der Waals surface area contributed by atoms with E-state index in [4.69, 9.17) is 5.73 Å². The van der Waals surface area contributed by atoms with Crippen LogP contribution in [0.1, 0.15) is 12.1 Å². The second-order valence-corrected chi connectivity index (χ2v) is 8.06. The number of methoxy groups -OCH3 is 1. The maximum Gasteiger partial charge on any atom is 0.362 e. The Labute approximate surface area is 179 Å². The SMILES string of the molecule is CO/N=C(\C(=O)N[C@@H]1C(=O)N(S(=O)(=O)O)[C@H]1CC(=O)NCC(=O)OC)c1csc(N)n1. The molecule has 31 heavy (non-hydrogen) atoms. The number of oxime groups is 1. The monoisotopic (exact) mass is 478 g/mol. The summed E-state index contributed by atoms with van der Waals surface area (Å²) >= 11 is 1.01. The van der Waals surface area contributed by atoms with Gasteiger partial charge >= 0.3 is 16.3 Å². The van der Waals surface area contributed by atoms with Gasteiger partial charge in [-0.3, -0.25) is 23.7 Å². The normalized spacial score (nSPS) is 18.7. The molecule has 1 aromatic heterocycles. The molecule has 0 aliphatic carbocycles. The molecule has 1 aromatic rings. The Bertz CT molecular complexity index is 1020. The zero-order valence-electron chi connectivity index (χ0n) is 16.1. The molecule has 0 unspecified atom stereocenters. The van der Waals surface area contributed by atoms with Gasteiger partial charge in [-0.25, -0.2) is 9.29 Å². The van der Waals surface area contributed by atoms with Gasteiger partial charge in [0.2, 0.25) is 5.91 Å². The number of aromatic nitrogens is 1. The van der Waals surface area contributed by atoms with Crippen molar-refractivity contribution in [3.05, 3.63) is 11.1 Å². The molecule has 15 nitrogen and oxygen atoms in total. The van der Waals surface area contributed by atoms with Crippen LogP contribution in [0.2, 0.25) is 0 Å². The van der Waals surface area contributed by atoms with Crippen LogP contribution >= 0.6 is 11.3 Å². The fourth-order valence-electron chi connectivity index (χ4n) is 2.57. The van der Waals surface area contributed by atoms with Crippen LogP contribution in [-0.2, 0) is 39.1 Å². The second kappa shape index (κ2) is 9.67. The van der Waals surface area contributed by atoms with E-state index in [9.17, 15) is 32.1 Å². The van der Waals surface area contributed by atoms with Crippen molar-refractivity contribution in [3.63, 3.8) is 0 Å². The molecule has 2 atom stereocenters. The Balaban J connectivity index is 2.19. The van der Waals surface area contributed by atoms with Gasteiger partial charge in [-0.2, -0.15) is 8.42 Å². The third-order valence-electron chi connectivity index (χ3n) is 3.92. The average molecular weight is 478 g/mol. The standard InChI is InChI=1S/C14H18N6O9S2/c1-28-9(22)4-16-8(21)3-7-11(13(24)20(7)31(25,26)27)18-12(23)10(19-29-2)6-5-30-14(15)17-6/h5,7,11H,3-4H2,1-2H3,(H2,15,17)(H,16,21)(H,18,23)(H,25,26,27)/b19-10-/t7-,11-/m0/s1. The number of carbonyl (C=O) groups is 4. The van der Waals surface area contributed by atoms with Gasteiger partial charge in [0.15, 0.2) is 10.8 Å². The number of hydrogen-bond donors (Lipinski definition) is 4. The van der Waals surface area contributed by atoms with Crippen LogP contribution in [0.3, 0.4) is 0 Å². The van der Waals surface area contributed by atoms with E-state index < -0.39 is 59.0 Å². The van der Waals surface area contributed by atoms with Gasteiger partial charge in [-0.15, -0.1) is 11.3 Å². The highest BCUT2D eigenvalue weighted by Crippen LogP contribution is 2.26. The molecule has 0 spiro atoms. The highest BCUT2D eigenvalue weighted by Gasteiger charge is 2.54. The zero-order chi connectivity index (χ0) is 23.3. The number of β-lactam (4-membered cyclic amide) rings is 1. The van der Waals surface area contributed by atoms with Crippen LogP contribution in [0.4, 0.5) is 5.13 Å². The van der Waals surface area contributed by atoms with Crippen molar-refractivity contribution in [2.75, 3.05) is 26.5 Å². The number of nitrogen functional groups attached to an aromatic ring is 1. The Hall–Kier alpha value is -3.31. The predicted octanol–water partition coefficient (Wildman–Crippen LogP) is -2.75. The second-order valence-electron chi connectivity index (χ2n) is 5.88. The Kier molecular flexibility index (Phi) is 7.47. The average Bonchev–Trinajstić information content (AvgIpc) is 3.12. The summed E-state index contributed by atoms with van der Waals surface area (Å²) in [6.45, 7) is -0.505. The van der Waals surface area contributed by atoms with Crippen molar-refractivity contribution in [2.45, 2.75) is 18.5 Å². The first-order valence-corrected chi connectivity index (χ1v) is 10.5. The smallest absolute Gasteiger partial charge is 0.362 e. The maximum atomic E-state index is 12.6. The molecule has 0 bridgehead atoms. The summed E-state index contributed by atoms with van der Waals surface area (Å²) in [6.07, 6.45) is -0.659. The number of hydrogen-bond acceptors (Lipinski definition) is 12. The lowest BCUT2D eigenvalue weighted by Gasteiger charge is -2.43. The quantitative estimate of drug-likeness (QED) is 0.0937. The lowest BCUT2D eigenvalue weighted by molar-refractivity contribution is -0.147. The number of rotatable bonds is 9. The summed E-state index contributed by atoms with van der Waals surface area (Å²) in [7, 11) is -2.76. The zero-order valence-corrected chi connectivity index (χ0v) is 17.7. The third kappa shape index (κ3) is 5.64. The minimum atomic E-state index is -5.02. The molecule has 2 rings (SSSR count). The molecule has 17 heteroatoms. The summed E-state index contributed by atoms with van der Waals surface area (Å²) in [5.41, 5.74) is 5.20. The largest absolute Gasteiger partial charge is 0.468 e. The minimum absolute atomic E-state index is 0.0348. The maximum absolute atomic E-state index is 12.6. The molecule has 1 aliphatic rings. The number of nitrogens with two attached hydrogens (primary N) is 1. The molecule has 1 fully saturated rings. The van der Waals surface area contributed by atoms with Crippen LogP contribution < -0.4 is 16.4 Å². The summed E-state index contributed by atoms with van der Waals surface area (Å²) in [5.74, 6) is -3.76. The summed E-state index contributed by atoms with van der Waals surface area (Å²) in [5, 5.41) is 9.44. The Morgan fingerprint density at radius 2 is 2.06 bits per heavy atom. The van der Waals surface area contributed by atoms with Crippen molar-refractivity contribution in [1.29, 1.82) is 0 Å². The summed E-state index contributed by atoms with van der Waals surface area (Å²) < 4.78 is 36.7. The fraction of sp³-hybridized carbons (Fsp3) is 0.429. The molecule has 3 amide bonds. The molecular formula is C14H18N6O9S2. The van der Waals surface area contributed by atoms with Crippen LogP contribution in [-0.4, -0.2) is 84.5 Å². The first kappa shape index (κ1) is 24.0. The first-order chi connectivity index (χ1) is 14.5. The molecule has 2 heterocycles. The lowest BCUT2D eigenvalue weighted by atomic mass is 9.94. The molecule has 0 saturated carbocycles. The molecular weight excluding hydrogens is 460 g/mol. The summed E-state index contributed by atoms with van der Waals surface area (Å²) in [4.78, 5) is 56.4. The van der Waals surface area contributed by atoms with Crippen molar-refractivity contribution in [1.82, 2.24) is 19.9 Å². The highest BCUT2D eigenvalue weighted by molar-refractivity contribution is 7.84. The number of anilines is 1. The third-order valence-corrected chi connectivity index (χ3v) is 5.54. The Morgan fingerprint density at radius 1 is 1.39 bits per heavy atom. The van der Waals surface area contributed by atoms with E-state index in [2.05, 4.69) is 30.3 Å². The van der Waals surface area contributed by atoms with Crippen LogP contribution in [0.25, 0.3) is 0 Å². The number of esters is 1. The van der Waals surface area contributed by atoms with Gasteiger partial charge in [0.25, 0.3) is 11.8 Å². The number of carbonyl (C=O) groups excluding carboxylic acids is 4. The molecule has 170 valence electrons. The van der Waals surface area contributed by atoms with Gasteiger partial charge in [0.05, 0.1) is 19.6 Å². The number of ether oxygens (including phenoxy) is 1. The number of nitrogens with zero attached hydrogens (tertiary/aromatic N) is 3. The highest BCUT2D eigenvalue weighted by atomic mass is 32.2. The molecule has 1 aliphatic heterocycles. The van der Waals surface area contributed by atoms with E-state index in [0.29, 0.717) is 0 Å². The van der Waals surface area contributed by atoms with E-state index in [-0.39, 0.29) is 20.8 Å². The van der Waals surface area contributed by atoms with E-state index in [1.165, 1.54) is 5.38 Å². The van der Waals surface area contributed by atoms with Crippen LogP contribution in [0.5, 0.6) is 0 Å². The number of nitrogens with one attached hydrogen (secondary N) is 2. The topological polar surface area (TPSA) is 220 Å². The molecule has 1 saturated heterocycles. The molecule has 5 N–H and O–H groups in total. The lowest BCUT2D eigenvalue weighted by Crippen LogP contribution is -2.73. The van der Waals surface area contributed by atoms with Crippen LogP contribution in [0.15, 0.2) is 10.5 Å². The van der Waals surface area contributed by atoms with Gasteiger partial charge in [-0.1, -0.05) is 5.16 Å². The van der Waals surface area contributed by atoms with Crippen molar-refractivity contribution in [2.24, 2.45) is 5.16 Å². The van der Waals surface area contributed by atoms with Gasteiger partial charge in [0, 0.05) is 5.38 Å². The van der Waals surface area contributed by atoms with E-state index >= 15 is 0 Å². The minimum Gasteiger partial charge on any atom is -0.468 e. The molecule has 0 aromatic carbocycles. The Morgan fingerprint density at radius 3 is 2.58 bits per heavy atom. The number of amides is 3. The van der Waals surface area contributed by atoms with Crippen molar-refractivity contribution >= 4 is 56.2 Å². The van der Waals surface area contributed by atoms with Crippen molar-refractivity contribution in [3.8, 4) is 0 Å². The van der Waals surface area contributed by atoms with Gasteiger partial charge < -0.3 is 25.9 Å².